The van der Waals surface area contributed by atoms with Crippen LogP contribution in [0.15, 0.2) is 12.1 Å². The predicted octanol–water partition coefficient (Wildman–Crippen LogP) is 1.64. The molecule has 62 valence electrons. The van der Waals surface area contributed by atoms with Crippen LogP contribution in [0.1, 0.15) is 9.67 Å². The molecule has 12 heavy (non-hydrogen) atoms. The van der Waals surface area contributed by atoms with Crippen molar-refractivity contribution in [2.75, 3.05) is 5.73 Å². The average molecular weight is 198 g/mol. The van der Waals surface area contributed by atoms with Gasteiger partial charge in [0.05, 0.1) is 13.9 Å². The number of fused-ring (bicyclic) bond motifs is 1. The molecule has 0 aliphatic heterocycles. The zero-order valence-corrected chi connectivity index (χ0v) is 7.67. The second kappa shape index (κ2) is 2.46. The summed E-state index contributed by atoms with van der Waals surface area (Å²) in [6, 6.07) is 3.62. The fourth-order valence-electron chi connectivity index (χ4n) is 0.980. The van der Waals surface area contributed by atoms with E-state index in [4.69, 9.17) is 11.5 Å². The van der Waals surface area contributed by atoms with Gasteiger partial charge in [-0.25, -0.2) is 0 Å². The number of carbonyl (C=O) groups is 1. The Balaban J connectivity index is 2.64. The Kier molecular flexibility index (Phi) is 1.55. The molecule has 0 saturated carbocycles. The van der Waals surface area contributed by atoms with E-state index in [-0.39, 0.29) is 5.91 Å². The summed E-state index contributed by atoms with van der Waals surface area (Å²) in [5.74, 6) is -0.373. The third-order valence-corrected chi connectivity index (χ3v) is 3.71. The van der Waals surface area contributed by atoms with Crippen molar-refractivity contribution in [2.45, 2.75) is 0 Å². The highest BCUT2D eigenvalue weighted by Gasteiger charge is 2.08. The Morgan fingerprint density at radius 2 is 2.08 bits per heavy atom. The first-order valence-electron chi connectivity index (χ1n) is 3.25. The van der Waals surface area contributed by atoms with Gasteiger partial charge in [-0.1, -0.05) is 0 Å². The van der Waals surface area contributed by atoms with Gasteiger partial charge in [-0.15, -0.1) is 22.7 Å². The van der Waals surface area contributed by atoms with E-state index in [2.05, 4.69) is 0 Å². The first-order valence-corrected chi connectivity index (χ1v) is 4.89. The maximum absolute atomic E-state index is 10.8. The second-order valence-corrected chi connectivity index (χ2v) is 4.76. The number of rotatable bonds is 1. The number of thiophene rings is 2. The number of carbonyl (C=O) groups excluding carboxylic acids is 1. The lowest BCUT2D eigenvalue weighted by atomic mass is 10.3. The van der Waals surface area contributed by atoms with Crippen molar-refractivity contribution in [2.24, 2.45) is 5.73 Å². The van der Waals surface area contributed by atoms with Crippen LogP contribution in [0, 0.1) is 0 Å². The van der Waals surface area contributed by atoms with Crippen LogP contribution in [-0.2, 0) is 0 Å². The van der Waals surface area contributed by atoms with Crippen LogP contribution in [0.3, 0.4) is 0 Å². The Morgan fingerprint density at radius 1 is 1.33 bits per heavy atom. The van der Waals surface area contributed by atoms with E-state index in [9.17, 15) is 4.79 Å². The van der Waals surface area contributed by atoms with Gasteiger partial charge >= 0.3 is 0 Å². The van der Waals surface area contributed by atoms with Gasteiger partial charge in [-0.05, 0) is 12.1 Å². The van der Waals surface area contributed by atoms with E-state index in [1.807, 2.05) is 6.07 Å². The molecule has 0 spiro atoms. The summed E-state index contributed by atoms with van der Waals surface area (Å²) in [4.78, 5) is 11.4. The summed E-state index contributed by atoms with van der Waals surface area (Å²) in [7, 11) is 0. The summed E-state index contributed by atoms with van der Waals surface area (Å²) >= 11 is 2.87. The Bertz CT molecular complexity index is 412. The van der Waals surface area contributed by atoms with Crippen LogP contribution < -0.4 is 11.5 Å². The van der Waals surface area contributed by atoms with Crippen LogP contribution in [-0.4, -0.2) is 5.91 Å². The summed E-state index contributed by atoms with van der Waals surface area (Å²) in [6.45, 7) is 0. The molecule has 4 N–H and O–H groups in total. The van der Waals surface area contributed by atoms with Crippen LogP contribution in [0.2, 0.25) is 0 Å². The normalized spacial score (nSPS) is 10.7. The molecule has 0 radical (unpaired) electrons. The molecule has 5 heteroatoms. The molecule has 2 heterocycles. The molecule has 3 nitrogen and oxygen atoms in total. The smallest absolute Gasteiger partial charge is 0.258 e. The van der Waals surface area contributed by atoms with Crippen molar-refractivity contribution in [3.8, 4) is 0 Å². The molecule has 2 rings (SSSR count). The minimum absolute atomic E-state index is 0.373. The first kappa shape index (κ1) is 7.57. The monoisotopic (exact) mass is 198 g/mol. The van der Waals surface area contributed by atoms with Gasteiger partial charge in [-0.3, -0.25) is 4.79 Å². The second-order valence-electron chi connectivity index (χ2n) is 2.37. The van der Waals surface area contributed by atoms with Crippen LogP contribution in [0.25, 0.3) is 9.40 Å². The molecule has 1 amide bonds. The number of hydrogen-bond donors (Lipinski definition) is 2. The molecule has 0 unspecified atom stereocenters. The minimum Gasteiger partial charge on any atom is -0.391 e. The number of primary amides is 1. The third-order valence-electron chi connectivity index (χ3n) is 1.48. The van der Waals surface area contributed by atoms with Gasteiger partial charge < -0.3 is 11.5 Å². The van der Waals surface area contributed by atoms with E-state index in [1.54, 1.807) is 6.07 Å². The number of hydrogen-bond acceptors (Lipinski definition) is 4. The average Bonchev–Trinajstić information content (AvgIpc) is 2.42. The van der Waals surface area contributed by atoms with E-state index >= 15 is 0 Å². The molecule has 2 aromatic rings. The fourth-order valence-corrected chi connectivity index (χ4v) is 3.06. The number of amides is 1. The number of anilines is 1. The highest BCUT2D eigenvalue weighted by atomic mass is 32.2. The van der Waals surface area contributed by atoms with Crippen molar-refractivity contribution in [1.29, 1.82) is 0 Å². The molecule has 0 saturated heterocycles. The fraction of sp³-hybridized carbons (Fsp3) is 0. The Hall–Kier alpha value is -1.07. The molecule has 0 bridgehead atoms. The van der Waals surface area contributed by atoms with Crippen LogP contribution in [0.5, 0.6) is 0 Å². The Labute approximate surface area is 76.6 Å². The highest BCUT2D eigenvalue weighted by molar-refractivity contribution is 7.40. The van der Waals surface area contributed by atoms with Gasteiger partial charge in [0.25, 0.3) is 5.91 Å². The molecular weight excluding hydrogens is 192 g/mol. The molecule has 0 aromatic carbocycles. The predicted molar refractivity (Wildman–Crippen MR) is 52.6 cm³/mol. The molecule has 2 aromatic heterocycles. The lowest BCUT2D eigenvalue weighted by Gasteiger charge is -1.82. The lowest BCUT2D eigenvalue weighted by Crippen LogP contribution is -2.08. The molecule has 0 aliphatic rings. The SMILES string of the molecule is NC(=O)c1cc2cc(N)sc2s1. The first-order chi connectivity index (χ1) is 5.66. The van der Waals surface area contributed by atoms with Gasteiger partial charge in [0, 0.05) is 5.39 Å². The van der Waals surface area contributed by atoms with E-state index in [0.717, 1.165) is 14.4 Å². The summed E-state index contributed by atoms with van der Waals surface area (Å²) in [5.41, 5.74) is 10.7. The third kappa shape index (κ3) is 1.07. The minimum atomic E-state index is -0.373. The van der Waals surface area contributed by atoms with E-state index < -0.39 is 0 Å². The summed E-state index contributed by atoms with van der Waals surface area (Å²) < 4.78 is 1.06. The molecular formula is C7H6N2OS2. The van der Waals surface area contributed by atoms with E-state index in [1.165, 1.54) is 22.7 Å². The van der Waals surface area contributed by atoms with Crippen molar-refractivity contribution >= 4 is 43.0 Å². The maximum Gasteiger partial charge on any atom is 0.258 e. The van der Waals surface area contributed by atoms with Gasteiger partial charge in [-0.2, -0.15) is 0 Å². The Morgan fingerprint density at radius 3 is 2.67 bits per heavy atom. The van der Waals surface area contributed by atoms with Gasteiger partial charge in [0.1, 0.15) is 0 Å². The molecule has 0 aliphatic carbocycles. The zero-order valence-electron chi connectivity index (χ0n) is 6.03. The van der Waals surface area contributed by atoms with Crippen LogP contribution in [0.4, 0.5) is 5.00 Å². The van der Waals surface area contributed by atoms with Crippen molar-refractivity contribution in [1.82, 2.24) is 0 Å². The van der Waals surface area contributed by atoms with Crippen molar-refractivity contribution in [3.05, 3.63) is 17.0 Å². The highest BCUT2D eigenvalue weighted by Crippen LogP contribution is 2.34. The lowest BCUT2D eigenvalue weighted by molar-refractivity contribution is 0.100. The molecule has 0 fully saturated rings. The largest absolute Gasteiger partial charge is 0.391 e. The van der Waals surface area contributed by atoms with Crippen molar-refractivity contribution < 1.29 is 4.79 Å². The standard InChI is InChI=1S/C7H6N2OS2/c8-5-2-3-1-4(6(9)10)11-7(3)12-5/h1-2H,8H2,(H2,9,10). The van der Waals surface area contributed by atoms with Crippen molar-refractivity contribution in [3.63, 3.8) is 0 Å². The maximum atomic E-state index is 10.8. The summed E-state index contributed by atoms with van der Waals surface area (Å²) in [5, 5.41) is 1.78. The molecule has 0 atom stereocenters. The summed E-state index contributed by atoms with van der Waals surface area (Å²) in [6.07, 6.45) is 0. The number of nitrogen functional groups attached to an aromatic ring is 1. The zero-order chi connectivity index (χ0) is 8.72. The number of nitrogens with two attached hydrogens (primary N) is 2. The topological polar surface area (TPSA) is 69.1 Å². The van der Waals surface area contributed by atoms with Gasteiger partial charge in [0.15, 0.2) is 0 Å². The van der Waals surface area contributed by atoms with E-state index in [0.29, 0.717) is 4.88 Å². The van der Waals surface area contributed by atoms with Crippen LogP contribution >= 0.6 is 22.7 Å². The van der Waals surface area contributed by atoms with Gasteiger partial charge in [0.2, 0.25) is 0 Å². The quantitative estimate of drug-likeness (QED) is 0.731.